The van der Waals surface area contributed by atoms with Crippen LogP contribution < -0.4 is 5.30 Å². The normalized spacial score (nSPS) is 17.6. The van der Waals surface area contributed by atoms with E-state index in [1.807, 2.05) is 0 Å². The summed E-state index contributed by atoms with van der Waals surface area (Å²) in [6, 6.07) is 8.61. The number of benzene rings is 1. The maximum atomic E-state index is 5.46. The highest BCUT2D eigenvalue weighted by molar-refractivity contribution is 7.56. The standard InChI is InChI=1S/C14H21O2P/c1-15-17(16-2)14-11-7-6-10-13(14)12-8-4-3-5-9-12/h6-7,10-12H,3-5,8-9H2,1-2H3. The van der Waals surface area contributed by atoms with Gasteiger partial charge in [-0.05, 0) is 30.4 Å². The predicted molar refractivity (Wildman–Crippen MR) is 72.8 cm³/mol. The number of rotatable bonds is 4. The van der Waals surface area contributed by atoms with Crippen molar-refractivity contribution in [2.45, 2.75) is 38.0 Å². The summed E-state index contributed by atoms with van der Waals surface area (Å²) in [5, 5.41) is 1.26. The second-order valence-corrected chi connectivity index (χ2v) is 6.24. The second kappa shape index (κ2) is 6.49. The first-order chi connectivity index (χ1) is 8.36. The Balaban J connectivity index is 2.25. The summed E-state index contributed by atoms with van der Waals surface area (Å²) in [5.74, 6) is 0.704. The lowest BCUT2D eigenvalue weighted by Gasteiger charge is -2.26. The first-order valence-corrected chi connectivity index (χ1v) is 7.52. The van der Waals surface area contributed by atoms with Crippen molar-refractivity contribution in [3.8, 4) is 0 Å². The average molecular weight is 252 g/mol. The highest BCUT2D eigenvalue weighted by Gasteiger charge is 2.22. The fourth-order valence-electron chi connectivity index (χ4n) is 2.68. The van der Waals surface area contributed by atoms with Crippen LogP contribution in [0.2, 0.25) is 0 Å². The third-order valence-corrected chi connectivity index (χ3v) is 4.97. The second-order valence-electron chi connectivity index (χ2n) is 4.52. The first-order valence-electron chi connectivity index (χ1n) is 6.34. The van der Waals surface area contributed by atoms with Crippen LogP contribution in [-0.2, 0) is 9.05 Å². The SMILES string of the molecule is COP(OC)c1ccccc1C1CCCCC1. The van der Waals surface area contributed by atoms with Crippen molar-refractivity contribution in [3.63, 3.8) is 0 Å². The van der Waals surface area contributed by atoms with Gasteiger partial charge >= 0.3 is 0 Å². The molecular formula is C14H21O2P. The summed E-state index contributed by atoms with van der Waals surface area (Å²) < 4.78 is 10.9. The van der Waals surface area contributed by atoms with E-state index in [4.69, 9.17) is 9.05 Å². The van der Waals surface area contributed by atoms with E-state index in [2.05, 4.69) is 24.3 Å². The largest absolute Gasteiger partial charge is 0.334 e. The minimum Gasteiger partial charge on any atom is -0.334 e. The molecule has 0 radical (unpaired) electrons. The molecule has 0 aliphatic heterocycles. The zero-order valence-electron chi connectivity index (χ0n) is 10.7. The van der Waals surface area contributed by atoms with Gasteiger partial charge in [-0.2, -0.15) is 0 Å². The van der Waals surface area contributed by atoms with E-state index in [0.717, 1.165) is 0 Å². The number of hydrogen-bond acceptors (Lipinski definition) is 2. The van der Waals surface area contributed by atoms with Crippen LogP contribution in [0, 0.1) is 0 Å². The highest BCUT2D eigenvalue weighted by Crippen LogP contribution is 2.40. The van der Waals surface area contributed by atoms with Crippen LogP contribution in [-0.4, -0.2) is 14.2 Å². The maximum Gasteiger partial charge on any atom is 0.204 e. The maximum absolute atomic E-state index is 5.46. The summed E-state index contributed by atoms with van der Waals surface area (Å²) in [4.78, 5) is 0. The highest BCUT2D eigenvalue weighted by atomic mass is 31.2. The molecule has 0 spiro atoms. The fraction of sp³-hybridized carbons (Fsp3) is 0.571. The Hall–Kier alpha value is -0.430. The summed E-state index contributed by atoms with van der Waals surface area (Å²) in [6.45, 7) is 0. The molecule has 0 saturated heterocycles. The molecular weight excluding hydrogens is 231 g/mol. The molecule has 1 aromatic carbocycles. The van der Waals surface area contributed by atoms with Gasteiger partial charge in [-0.25, -0.2) is 0 Å². The van der Waals surface area contributed by atoms with E-state index in [9.17, 15) is 0 Å². The molecule has 94 valence electrons. The van der Waals surface area contributed by atoms with E-state index in [0.29, 0.717) is 5.92 Å². The van der Waals surface area contributed by atoms with Crippen molar-refractivity contribution in [1.29, 1.82) is 0 Å². The average Bonchev–Trinajstić information content (AvgIpc) is 2.42. The van der Waals surface area contributed by atoms with Crippen LogP contribution in [0.15, 0.2) is 24.3 Å². The lowest BCUT2D eigenvalue weighted by atomic mass is 9.84. The summed E-state index contributed by atoms with van der Waals surface area (Å²) in [5.41, 5.74) is 1.45. The molecule has 3 heteroatoms. The lowest BCUT2D eigenvalue weighted by molar-refractivity contribution is 0.349. The molecule has 0 heterocycles. The van der Waals surface area contributed by atoms with Crippen molar-refractivity contribution < 1.29 is 9.05 Å². The molecule has 1 fully saturated rings. The molecule has 1 aromatic rings. The van der Waals surface area contributed by atoms with Crippen LogP contribution in [0.3, 0.4) is 0 Å². The molecule has 2 rings (SSSR count). The Morgan fingerprint density at radius 3 is 2.29 bits per heavy atom. The summed E-state index contributed by atoms with van der Waals surface area (Å²) >= 11 is 0. The molecule has 0 N–H and O–H groups in total. The molecule has 17 heavy (non-hydrogen) atoms. The van der Waals surface area contributed by atoms with Crippen LogP contribution >= 0.6 is 8.38 Å². The number of hydrogen-bond donors (Lipinski definition) is 0. The molecule has 0 bridgehead atoms. The van der Waals surface area contributed by atoms with Gasteiger partial charge in [0, 0.05) is 19.5 Å². The zero-order valence-corrected chi connectivity index (χ0v) is 11.6. The Morgan fingerprint density at radius 2 is 1.65 bits per heavy atom. The monoisotopic (exact) mass is 252 g/mol. The quantitative estimate of drug-likeness (QED) is 0.755. The van der Waals surface area contributed by atoms with Gasteiger partial charge in [0.25, 0.3) is 0 Å². The van der Waals surface area contributed by atoms with Crippen LogP contribution in [0.25, 0.3) is 0 Å². The Bertz CT molecular complexity index is 344. The third-order valence-electron chi connectivity index (χ3n) is 3.51. The Labute approximate surface area is 105 Å². The van der Waals surface area contributed by atoms with Gasteiger partial charge < -0.3 is 9.05 Å². The van der Waals surface area contributed by atoms with E-state index in [1.54, 1.807) is 14.2 Å². The lowest BCUT2D eigenvalue weighted by Crippen LogP contribution is -2.16. The Kier molecular flexibility index (Phi) is 4.97. The van der Waals surface area contributed by atoms with Crippen LogP contribution in [0.5, 0.6) is 0 Å². The van der Waals surface area contributed by atoms with Crippen molar-refractivity contribution in [3.05, 3.63) is 29.8 Å². The minimum atomic E-state index is -0.897. The van der Waals surface area contributed by atoms with Gasteiger partial charge in [-0.15, -0.1) is 0 Å². The minimum absolute atomic E-state index is 0.704. The van der Waals surface area contributed by atoms with Crippen molar-refractivity contribution in [2.24, 2.45) is 0 Å². The van der Waals surface area contributed by atoms with Crippen LogP contribution in [0.1, 0.15) is 43.6 Å². The van der Waals surface area contributed by atoms with Gasteiger partial charge in [0.05, 0.1) is 0 Å². The van der Waals surface area contributed by atoms with Gasteiger partial charge in [0.2, 0.25) is 8.38 Å². The molecule has 0 amide bonds. The molecule has 1 saturated carbocycles. The fourth-order valence-corrected chi connectivity index (χ4v) is 3.90. The van der Waals surface area contributed by atoms with E-state index < -0.39 is 8.38 Å². The summed E-state index contributed by atoms with van der Waals surface area (Å²) in [7, 11) is 2.56. The topological polar surface area (TPSA) is 18.5 Å². The predicted octanol–water partition coefficient (Wildman–Crippen LogP) is 3.96. The van der Waals surface area contributed by atoms with Crippen molar-refractivity contribution >= 4 is 13.7 Å². The van der Waals surface area contributed by atoms with Gasteiger partial charge in [-0.3, -0.25) is 0 Å². The molecule has 0 atom stereocenters. The van der Waals surface area contributed by atoms with Gasteiger partial charge in [0.15, 0.2) is 0 Å². The smallest absolute Gasteiger partial charge is 0.204 e. The molecule has 1 aliphatic carbocycles. The molecule has 0 unspecified atom stereocenters. The molecule has 2 nitrogen and oxygen atoms in total. The van der Waals surface area contributed by atoms with Crippen molar-refractivity contribution in [2.75, 3.05) is 14.2 Å². The van der Waals surface area contributed by atoms with Crippen molar-refractivity contribution in [1.82, 2.24) is 0 Å². The molecule has 0 aromatic heterocycles. The Morgan fingerprint density at radius 1 is 1.00 bits per heavy atom. The first kappa shape index (κ1) is 13.0. The van der Waals surface area contributed by atoms with Gasteiger partial charge in [-0.1, -0.05) is 37.5 Å². The van der Waals surface area contributed by atoms with E-state index in [-0.39, 0.29) is 0 Å². The van der Waals surface area contributed by atoms with E-state index in [1.165, 1.54) is 43.0 Å². The third kappa shape index (κ3) is 3.07. The van der Waals surface area contributed by atoms with Crippen LogP contribution in [0.4, 0.5) is 0 Å². The summed E-state index contributed by atoms with van der Waals surface area (Å²) in [6.07, 6.45) is 6.73. The molecule has 1 aliphatic rings. The van der Waals surface area contributed by atoms with Gasteiger partial charge in [0.1, 0.15) is 0 Å². The zero-order chi connectivity index (χ0) is 12.1. The van der Waals surface area contributed by atoms with E-state index >= 15 is 0 Å².